The molecule has 5 heteroatoms. The molecule has 108 valence electrons. The highest BCUT2D eigenvalue weighted by molar-refractivity contribution is 9.10. The summed E-state index contributed by atoms with van der Waals surface area (Å²) < 4.78 is 13.7. The van der Waals surface area contributed by atoms with Gasteiger partial charge in [-0.1, -0.05) is 24.3 Å². The second-order valence-electron chi connectivity index (χ2n) is 5.06. The number of nitrogens with zero attached hydrogens (tertiary/aromatic N) is 1. The summed E-state index contributed by atoms with van der Waals surface area (Å²) in [5.74, 6) is -1.16. The van der Waals surface area contributed by atoms with Crippen LogP contribution in [0.5, 0.6) is 0 Å². The Morgan fingerprint density at radius 1 is 1.33 bits per heavy atom. The van der Waals surface area contributed by atoms with Crippen molar-refractivity contribution in [1.82, 2.24) is 0 Å². The van der Waals surface area contributed by atoms with E-state index in [-0.39, 0.29) is 5.82 Å². The summed E-state index contributed by atoms with van der Waals surface area (Å²) in [5.41, 5.74) is 2.84. The van der Waals surface area contributed by atoms with Gasteiger partial charge in [0.2, 0.25) is 0 Å². The van der Waals surface area contributed by atoms with Crippen molar-refractivity contribution in [3.05, 3.63) is 63.9 Å². The average molecular weight is 350 g/mol. The minimum atomic E-state index is -0.840. The lowest BCUT2D eigenvalue weighted by Gasteiger charge is -2.25. The lowest BCUT2D eigenvalue weighted by Crippen LogP contribution is -2.38. The molecule has 0 aromatic heterocycles. The SMILES string of the molecule is O=C(O)C1Cc2ccccc2N1Cc1ccc(F)c(Br)c1. The van der Waals surface area contributed by atoms with Crippen LogP contribution < -0.4 is 4.90 Å². The molecule has 0 bridgehead atoms. The third-order valence-corrected chi connectivity index (χ3v) is 4.32. The largest absolute Gasteiger partial charge is 0.480 e. The highest BCUT2D eigenvalue weighted by Crippen LogP contribution is 2.33. The van der Waals surface area contributed by atoms with E-state index in [0.29, 0.717) is 17.4 Å². The predicted molar refractivity (Wildman–Crippen MR) is 81.9 cm³/mol. The van der Waals surface area contributed by atoms with Gasteiger partial charge in [0.05, 0.1) is 4.47 Å². The predicted octanol–water partition coefficient (Wildman–Crippen LogP) is 3.60. The fourth-order valence-electron chi connectivity index (χ4n) is 2.70. The molecule has 0 spiro atoms. The van der Waals surface area contributed by atoms with Gasteiger partial charge in [-0.15, -0.1) is 0 Å². The Bertz CT molecular complexity index is 704. The second kappa shape index (κ2) is 5.48. The van der Waals surface area contributed by atoms with Gasteiger partial charge < -0.3 is 10.0 Å². The molecule has 1 N–H and O–H groups in total. The van der Waals surface area contributed by atoms with E-state index in [2.05, 4.69) is 15.9 Å². The Morgan fingerprint density at radius 2 is 2.10 bits per heavy atom. The van der Waals surface area contributed by atoms with Crippen LogP contribution in [0, 0.1) is 5.82 Å². The van der Waals surface area contributed by atoms with Gasteiger partial charge in [0.25, 0.3) is 0 Å². The van der Waals surface area contributed by atoms with Crippen molar-refractivity contribution in [3.63, 3.8) is 0 Å². The standard InChI is InChI=1S/C16H13BrFNO2/c17-12-7-10(5-6-13(12)18)9-19-14-4-2-1-3-11(14)8-15(19)16(20)21/h1-7,15H,8-9H2,(H,20,21). The number of carboxylic acid groups (broad SMARTS) is 1. The van der Waals surface area contributed by atoms with Gasteiger partial charge in [0.15, 0.2) is 0 Å². The van der Waals surface area contributed by atoms with Gasteiger partial charge in [-0.2, -0.15) is 0 Å². The molecule has 1 heterocycles. The van der Waals surface area contributed by atoms with Gasteiger partial charge in [-0.25, -0.2) is 9.18 Å². The molecule has 0 fully saturated rings. The first kappa shape index (κ1) is 14.1. The summed E-state index contributed by atoms with van der Waals surface area (Å²) in [6.45, 7) is 0.437. The van der Waals surface area contributed by atoms with Gasteiger partial charge in [-0.3, -0.25) is 0 Å². The van der Waals surface area contributed by atoms with Crippen LogP contribution in [0.3, 0.4) is 0 Å². The van der Waals surface area contributed by atoms with E-state index in [0.717, 1.165) is 16.8 Å². The van der Waals surface area contributed by atoms with Crippen LogP contribution in [0.25, 0.3) is 0 Å². The number of aliphatic carboxylic acids is 1. The smallest absolute Gasteiger partial charge is 0.326 e. The zero-order chi connectivity index (χ0) is 15.0. The Morgan fingerprint density at radius 3 is 2.81 bits per heavy atom. The average Bonchev–Trinajstić information content (AvgIpc) is 2.82. The molecule has 1 aliphatic rings. The van der Waals surface area contributed by atoms with Crippen LogP contribution in [-0.4, -0.2) is 17.1 Å². The number of fused-ring (bicyclic) bond motifs is 1. The fourth-order valence-corrected chi connectivity index (χ4v) is 3.13. The zero-order valence-corrected chi connectivity index (χ0v) is 12.7. The number of carbonyl (C=O) groups is 1. The Hall–Kier alpha value is -1.88. The van der Waals surface area contributed by atoms with E-state index in [1.165, 1.54) is 6.07 Å². The van der Waals surface area contributed by atoms with Gasteiger partial charge in [0.1, 0.15) is 11.9 Å². The number of benzene rings is 2. The lowest BCUT2D eigenvalue weighted by molar-refractivity contribution is -0.138. The van der Waals surface area contributed by atoms with Crippen LogP contribution >= 0.6 is 15.9 Å². The molecule has 1 aliphatic heterocycles. The number of hydrogen-bond acceptors (Lipinski definition) is 2. The van der Waals surface area contributed by atoms with Crippen molar-refractivity contribution in [1.29, 1.82) is 0 Å². The van der Waals surface area contributed by atoms with Gasteiger partial charge in [0, 0.05) is 18.7 Å². The highest BCUT2D eigenvalue weighted by atomic mass is 79.9. The Balaban J connectivity index is 1.94. The zero-order valence-electron chi connectivity index (χ0n) is 11.1. The second-order valence-corrected chi connectivity index (χ2v) is 5.92. The summed E-state index contributed by atoms with van der Waals surface area (Å²) in [5, 5.41) is 9.42. The molecule has 0 saturated carbocycles. The molecular formula is C16H13BrFNO2. The number of carboxylic acids is 1. The minimum absolute atomic E-state index is 0.324. The number of halogens is 2. The molecule has 1 atom stereocenters. The summed E-state index contributed by atoms with van der Waals surface area (Å²) in [6, 6.07) is 11.9. The first-order chi connectivity index (χ1) is 10.1. The lowest BCUT2D eigenvalue weighted by atomic mass is 10.1. The molecule has 1 unspecified atom stereocenters. The van der Waals surface area contributed by atoms with Crippen molar-refractivity contribution in [2.75, 3.05) is 4.90 Å². The third kappa shape index (κ3) is 2.65. The molecule has 2 aromatic rings. The number of rotatable bonds is 3. The van der Waals surface area contributed by atoms with Crippen molar-refractivity contribution in [2.45, 2.75) is 19.0 Å². The van der Waals surface area contributed by atoms with Gasteiger partial charge >= 0.3 is 5.97 Å². The van der Waals surface area contributed by atoms with Crippen LogP contribution in [0.4, 0.5) is 10.1 Å². The third-order valence-electron chi connectivity index (χ3n) is 3.71. The number of hydrogen-bond donors (Lipinski definition) is 1. The number of para-hydroxylation sites is 1. The first-order valence-corrected chi connectivity index (χ1v) is 7.37. The summed E-state index contributed by atoms with van der Waals surface area (Å²) >= 11 is 3.16. The molecule has 2 aromatic carbocycles. The fraction of sp³-hybridized carbons (Fsp3) is 0.188. The molecule has 0 radical (unpaired) electrons. The van der Waals surface area contributed by atoms with Crippen molar-refractivity contribution in [2.24, 2.45) is 0 Å². The Kier molecular flexibility index (Phi) is 3.68. The summed E-state index contributed by atoms with van der Waals surface area (Å²) in [6.07, 6.45) is 0.494. The maximum Gasteiger partial charge on any atom is 0.326 e. The van der Waals surface area contributed by atoms with Crippen molar-refractivity contribution in [3.8, 4) is 0 Å². The summed E-state index contributed by atoms with van der Waals surface area (Å²) in [4.78, 5) is 13.3. The summed E-state index contributed by atoms with van der Waals surface area (Å²) in [7, 11) is 0. The van der Waals surface area contributed by atoms with E-state index >= 15 is 0 Å². The molecule has 0 amide bonds. The van der Waals surface area contributed by atoms with Crippen molar-refractivity contribution < 1.29 is 14.3 Å². The van der Waals surface area contributed by atoms with E-state index in [9.17, 15) is 14.3 Å². The van der Waals surface area contributed by atoms with Crippen LogP contribution in [0.2, 0.25) is 0 Å². The molecule has 0 saturated heterocycles. The Labute approximate surface area is 130 Å². The normalized spacial score (nSPS) is 16.9. The van der Waals surface area contributed by atoms with Crippen LogP contribution in [-0.2, 0) is 17.8 Å². The monoisotopic (exact) mass is 349 g/mol. The topological polar surface area (TPSA) is 40.5 Å². The van der Waals surface area contributed by atoms with E-state index in [1.807, 2.05) is 29.2 Å². The molecule has 3 rings (SSSR count). The van der Waals surface area contributed by atoms with E-state index < -0.39 is 12.0 Å². The number of anilines is 1. The van der Waals surface area contributed by atoms with E-state index in [4.69, 9.17) is 0 Å². The van der Waals surface area contributed by atoms with E-state index in [1.54, 1.807) is 12.1 Å². The molecular weight excluding hydrogens is 337 g/mol. The van der Waals surface area contributed by atoms with Crippen LogP contribution in [0.1, 0.15) is 11.1 Å². The van der Waals surface area contributed by atoms with Crippen LogP contribution in [0.15, 0.2) is 46.9 Å². The van der Waals surface area contributed by atoms with Crippen molar-refractivity contribution >= 4 is 27.6 Å². The highest BCUT2D eigenvalue weighted by Gasteiger charge is 2.34. The minimum Gasteiger partial charge on any atom is -0.480 e. The molecule has 3 nitrogen and oxygen atoms in total. The molecule has 21 heavy (non-hydrogen) atoms. The maximum atomic E-state index is 13.3. The molecule has 0 aliphatic carbocycles. The van der Waals surface area contributed by atoms with Gasteiger partial charge in [-0.05, 0) is 45.3 Å². The quantitative estimate of drug-likeness (QED) is 0.920. The first-order valence-electron chi connectivity index (χ1n) is 6.57. The maximum absolute atomic E-state index is 13.3.